The number of ether oxygens (including phenoxy) is 1. The number of aromatic nitrogens is 4. The number of nitrogens with one attached hydrogen (secondary N) is 4. The summed E-state index contributed by atoms with van der Waals surface area (Å²) in [6.07, 6.45) is 19.1. The lowest BCUT2D eigenvalue weighted by Gasteiger charge is -2.41. The number of amides is 2. The van der Waals surface area contributed by atoms with Gasteiger partial charge in [-0.15, -0.1) is 0 Å². The van der Waals surface area contributed by atoms with Crippen molar-refractivity contribution in [1.29, 1.82) is 0 Å². The molecule has 4 aliphatic carbocycles. The Labute approximate surface area is 319 Å². The number of aromatic amines is 2. The van der Waals surface area contributed by atoms with Crippen molar-refractivity contribution in [2.75, 3.05) is 26.7 Å². The molecule has 1 saturated carbocycles. The Morgan fingerprint density at radius 1 is 0.815 bits per heavy atom. The number of nitrogens with zero attached hydrogens (tertiary/aromatic N) is 4. The summed E-state index contributed by atoms with van der Waals surface area (Å²) in [5.74, 6) is 3.55. The minimum absolute atomic E-state index is 0.0705. The number of methoxy groups -OCH3 is 1. The second kappa shape index (κ2) is 15.5. The van der Waals surface area contributed by atoms with Crippen LogP contribution in [0.4, 0.5) is 4.79 Å². The van der Waals surface area contributed by atoms with E-state index in [1.807, 2.05) is 24.9 Å². The van der Waals surface area contributed by atoms with Crippen LogP contribution >= 0.6 is 0 Å². The minimum atomic E-state index is -0.649. The first-order valence-corrected chi connectivity index (χ1v) is 20.5. The molecule has 0 radical (unpaired) electrons. The number of fused-ring (bicyclic) bond motifs is 2. The first kappa shape index (κ1) is 36.7. The Kier molecular flexibility index (Phi) is 10.5. The van der Waals surface area contributed by atoms with Gasteiger partial charge < -0.3 is 24.9 Å². The molecule has 4 heterocycles. The molecule has 3 unspecified atom stereocenters. The third-order valence-corrected chi connectivity index (χ3v) is 12.7. The van der Waals surface area contributed by atoms with Crippen molar-refractivity contribution < 1.29 is 14.3 Å². The summed E-state index contributed by atoms with van der Waals surface area (Å²) in [5.41, 5.74) is 14.4. The Morgan fingerprint density at radius 3 is 2.11 bits per heavy atom. The van der Waals surface area contributed by atoms with Gasteiger partial charge in [-0.3, -0.25) is 10.2 Å². The van der Waals surface area contributed by atoms with Crippen molar-refractivity contribution in [2.45, 2.75) is 122 Å². The maximum Gasteiger partial charge on any atom is 0.407 e. The van der Waals surface area contributed by atoms with E-state index in [0.29, 0.717) is 24.3 Å². The minimum Gasteiger partial charge on any atom is -0.453 e. The summed E-state index contributed by atoms with van der Waals surface area (Å²) >= 11 is 0. The molecule has 0 spiro atoms. The zero-order valence-corrected chi connectivity index (χ0v) is 32.7. The van der Waals surface area contributed by atoms with Crippen LogP contribution in [0.15, 0.2) is 36.7 Å². The Hall–Kier alpha value is -4.22. The number of carbonyl (C=O) groups is 2. The lowest BCUT2D eigenvalue weighted by molar-refractivity contribution is -0.135. The van der Waals surface area contributed by atoms with Crippen LogP contribution in [-0.4, -0.2) is 74.6 Å². The van der Waals surface area contributed by atoms with Crippen LogP contribution in [0.5, 0.6) is 0 Å². The van der Waals surface area contributed by atoms with Gasteiger partial charge in [-0.2, -0.15) is 0 Å². The van der Waals surface area contributed by atoms with E-state index >= 15 is 0 Å². The number of imidazole rings is 2. The zero-order chi connectivity index (χ0) is 37.5. The predicted octanol–water partition coefficient (Wildman–Crippen LogP) is 8.16. The third-order valence-electron chi connectivity index (χ3n) is 12.7. The van der Waals surface area contributed by atoms with Gasteiger partial charge in [0.15, 0.2) is 0 Å². The zero-order valence-electron chi connectivity index (χ0n) is 32.7. The molecule has 11 heteroatoms. The predicted molar refractivity (Wildman–Crippen MR) is 211 cm³/mol. The highest BCUT2D eigenvalue weighted by Gasteiger charge is 2.39. The van der Waals surface area contributed by atoms with Gasteiger partial charge in [0, 0.05) is 25.2 Å². The fraction of sp³-hybridized carbons (Fsp3) is 0.581. The molecule has 3 atom stereocenters. The Morgan fingerprint density at radius 2 is 1.43 bits per heavy atom. The van der Waals surface area contributed by atoms with Crippen LogP contribution < -0.4 is 10.7 Å². The van der Waals surface area contributed by atoms with Crippen LogP contribution in [0.25, 0.3) is 22.4 Å². The van der Waals surface area contributed by atoms with E-state index in [0.717, 1.165) is 68.2 Å². The molecule has 4 N–H and O–H groups in total. The maximum absolute atomic E-state index is 13.6. The molecule has 288 valence electrons. The number of hydrazine groups is 1. The largest absolute Gasteiger partial charge is 0.453 e. The topological polar surface area (TPSA) is 131 Å². The first-order chi connectivity index (χ1) is 26.2. The van der Waals surface area contributed by atoms with Crippen molar-refractivity contribution in [3.8, 4) is 11.3 Å². The van der Waals surface area contributed by atoms with E-state index in [9.17, 15) is 9.59 Å². The molecule has 2 aliphatic heterocycles. The molecule has 3 fully saturated rings. The van der Waals surface area contributed by atoms with Gasteiger partial charge in [0.25, 0.3) is 0 Å². The molecular weight excluding hydrogens is 677 g/mol. The van der Waals surface area contributed by atoms with E-state index in [2.05, 4.69) is 70.0 Å². The highest BCUT2D eigenvalue weighted by molar-refractivity contribution is 5.86. The Balaban J connectivity index is 1.02. The average Bonchev–Trinajstić information content (AvgIpc) is 4.03. The van der Waals surface area contributed by atoms with Crippen LogP contribution in [-0.2, 0) is 9.53 Å². The Bertz CT molecular complexity index is 1910. The number of alkyl carbamates (subject to hydrolysis) is 1. The maximum atomic E-state index is 13.6. The van der Waals surface area contributed by atoms with E-state index in [1.165, 1.54) is 61.5 Å². The first-order valence-electron chi connectivity index (χ1n) is 20.5. The van der Waals surface area contributed by atoms with Crippen molar-refractivity contribution in [2.24, 2.45) is 11.8 Å². The number of benzene rings is 1. The standard InChI is InChI=1S/C43H58N8O3/c1-25(2)22-46-51-21-7-9-36(51)41-45-24-34(48-41)32-19-18-31(37-29-14-16-30(17-15-29)38(32)37)27-10-12-28(13-11-27)33-23-44-40(47-33)35-8-6-20-50(35)42(52)39(26(3)4)49-43(53)54-5/h10,12,18-19,23-26,29-30,35-36,39,46H,6-9,11,13-17,20-22H2,1-5H3,(H,44,47)(H,45,48)(H,49,53). The molecule has 6 aliphatic rings. The molecule has 2 amide bonds. The quantitative estimate of drug-likeness (QED) is 0.156. The number of rotatable bonds is 11. The fourth-order valence-corrected chi connectivity index (χ4v) is 9.83. The van der Waals surface area contributed by atoms with Crippen molar-refractivity contribution >= 4 is 23.1 Å². The summed E-state index contributed by atoms with van der Waals surface area (Å²) < 4.78 is 4.80. The van der Waals surface area contributed by atoms with Crippen molar-refractivity contribution in [3.05, 3.63) is 70.7 Å². The van der Waals surface area contributed by atoms with E-state index in [-0.39, 0.29) is 23.9 Å². The summed E-state index contributed by atoms with van der Waals surface area (Å²) in [5, 5.41) is 5.13. The summed E-state index contributed by atoms with van der Waals surface area (Å²) in [6.45, 7) is 11.1. The number of hydrogen-bond acceptors (Lipinski definition) is 7. The van der Waals surface area contributed by atoms with Crippen LogP contribution in [0.1, 0.15) is 150 Å². The molecule has 1 aromatic carbocycles. The third kappa shape index (κ3) is 7.05. The number of carbonyl (C=O) groups excluding carboxylic acids is 2. The monoisotopic (exact) mass is 734 g/mol. The molecular formula is C43H58N8O3. The lowest BCUT2D eigenvalue weighted by atomic mass is 9.63. The molecule has 54 heavy (non-hydrogen) atoms. The number of allylic oxidation sites excluding steroid dienone is 4. The average molecular weight is 735 g/mol. The van der Waals surface area contributed by atoms with Gasteiger partial charge in [0.05, 0.1) is 43.0 Å². The fourth-order valence-electron chi connectivity index (χ4n) is 9.83. The smallest absolute Gasteiger partial charge is 0.407 e. The van der Waals surface area contributed by atoms with E-state index in [4.69, 9.17) is 14.7 Å². The molecule has 2 bridgehead atoms. The molecule has 3 aromatic rings. The second-order valence-corrected chi connectivity index (χ2v) is 16.9. The summed E-state index contributed by atoms with van der Waals surface area (Å²) in [7, 11) is 1.32. The van der Waals surface area contributed by atoms with Crippen LogP contribution in [0.2, 0.25) is 0 Å². The van der Waals surface area contributed by atoms with Crippen LogP contribution in [0, 0.1) is 11.8 Å². The summed E-state index contributed by atoms with van der Waals surface area (Å²) in [6, 6.07) is 4.26. The molecule has 2 aromatic heterocycles. The van der Waals surface area contributed by atoms with Gasteiger partial charge in [-0.25, -0.2) is 19.8 Å². The van der Waals surface area contributed by atoms with E-state index < -0.39 is 12.1 Å². The van der Waals surface area contributed by atoms with Gasteiger partial charge in [-0.05, 0) is 116 Å². The summed E-state index contributed by atoms with van der Waals surface area (Å²) in [4.78, 5) is 44.7. The SMILES string of the molecule is COC(=O)NC(C(=O)N1CCCC1c1ncc(C2=CC=C(c3ccc(-c4cnc(C5CCCN5NCC(C)C)[nH]4)c4c3C3CCC4CC3)CC2)[nH]1)C(C)C. The number of likely N-dealkylation sites (tertiary alicyclic amines) is 1. The van der Waals surface area contributed by atoms with E-state index in [1.54, 1.807) is 11.1 Å². The van der Waals surface area contributed by atoms with Gasteiger partial charge in [0.1, 0.15) is 17.7 Å². The molecule has 2 saturated heterocycles. The normalized spacial score (nSPS) is 24.5. The van der Waals surface area contributed by atoms with Crippen molar-refractivity contribution in [1.82, 2.24) is 40.6 Å². The van der Waals surface area contributed by atoms with Crippen LogP contribution in [0.3, 0.4) is 0 Å². The number of hydrogen-bond donors (Lipinski definition) is 4. The number of H-pyrrole nitrogens is 2. The van der Waals surface area contributed by atoms with Gasteiger partial charge >= 0.3 is 6.09 Å². The highest BCUT2D eigenvalue weighted by Crippen LogP contribution is 2.55. The van der Waals surface area contributed by atoms with Gasteiger partial charge in [-0.1, -0.05) is 52.0 Å². The second-order valence-electron chi connectivity index (χ2n) is 16.9. The highest BCUT2D eigenvalue weighted by atomic mass is 16.5. The van der Waals surface area contributed by atoms with Gasteiger partial charge in [0.2, 0.25) is 5.91 Å². The molecule has 11 nitrogen and oxygen atoms in total. The van der Waals surface area contributed by atoms with Crippen molar-refractivity contribution in [3.63, 3.8) is 0 Å². The molecule has 9 rings (SSSR count). The lowest BCUT2D eigenvalue weighted by Crippen LogP contribution is -2.51.